The molecule has 4 atom stereocenters. The number of rotatable bonds is 14. The van der Waals surface area contributed by atoms with Gasteiger partial charge in [-0.25, -0.2) is 5.06 Å². The summed E-state index contributed by atoms with van der Waals surface area (Å²) in [6.45, 7) is 1.54. The van der Waals surface area contributed by atoms with Gasteiger partial charge in [0.15, 0.2) is 0 Å². The molecule has 2 fully saturated rings. The van der Waals surface area contributed by atoms with E-state index in [4.69, 9.17) is 14.7 Å². The van der Waals surface area contributed by atoms with E-state index in [1.807, 2.05) is 17.8 Å². The van der Waals surface area contributed by atoms with Crippen LogP contribution in [-0.2, 0) is 20.9 Å². The van der Waals surface area contributed by atoms with Crippen LogP contribution in [0.25, 0.3) is 0 Å². The minimum Gasteiger partial charge on any atom is -0.377 e. The lowest BCUT2D eigenvalue weighted by Gasteiger charge is -2.27. The van der Waals surface area contributed by atoms with E-state index < -0.39 is 0 Å². The highest BCUT2D eigenvalue weighted by atomic mass is 32.2. The van der Waals surface area contributed by atoms with Crippen molar-refractivity contribution in [1.82, 2.24) is 5.06 Å². The van der Waals surface area contributed by atoms with E-state index in [1.54, 1.807) is 0 Å². The highest BCUT2D eigenvalue weighted by Crippen LogP contribution is 2.46. The largest absolute Gasteiger partial charge is 0.377 e. The third-order valence-corrected chi connectivity index (χ3v) is 7.58. The molecule has 2 saturated heterocycles. The fourth-order valence-corrected chi connectivity index (χ4v) is 6.02. The number of ether oxygens (including phenoxy) is 2. The molecule has 1 aromatic rings. The lowest BCUT2D eigenvalue weighted by Crippen LogP contribution is -2.29. The Morgan fingerprint density at radius 3 is 2.67 bits per heavy atom. The van der Waals surface area contributed by atoms with Crippen LogP contribution in [0.5, 0.6) is 0 Å². The third-order valence-electron chi connectivity index (χ3n) is 6.38. The molecule has 6 heteroatoms. The van der Waals surface area contributed by atoms with Crippen LogP contribution in [-0.4, -0.2) is 53.5 Å². The number of benzene rings is 1. The Hall–Kier alpha value is -1.08. The predicted molar refractivity (Wildman–Crippen MR) is 121 cm³/mol. The van der Waals surface area contributed by atoms with Gasteiger partial charge >= 0.3 is 0 Å². The molecule has 2 aliphatic rings. The summed E-state index contributed by atoms with van der Waals surface area (Å²) in [5.74, 6) is 3.44. The molecule has 0 aromatic heterocycles. The maximum atomic E-state index is 11.4. The average Bonchev–Trinajstić information content (AvgIpc) is 3.35. The van der Waals surface area contributed by atoms with Gasteiger partial charge < -0.3 is 9.47 Å². The Labute approximate surface area is 185 Å². The molecule has 0 unspecified atom stereocenters. The molecule has 2 heterocycles. The quantitative estimate of drug-likeness (QED) is 0.255. The van der Waals surface area contributed by atoms with Crippen molar-refractivity contribution in [3.8, 4) is 0 Å². The van der Waals surface area contributed by atoms with Crippen molar-refractivity contribution in [3.05, 3.63) is 35.9 Å². The molecule has 2 bridgehead atoms. The predicted octanol–water partition coefficient (Wildman–Crippen LogP) is 4.92. The average molecular weight is 436 g/mol. The van der Waals surface area contributed by atoms with Crippen molar-refractivity contribution in [3.63, 3.8) is 0 Å². The number of carbonyl (C=O) groups is 1. The van der Waals surface area contributed by atoms with E-state index in [9.17, 15) is 4.79 Å². The summed E-state index contributed by atoms with van der Waals surface area (Å²) in [5.41, 5.74) is 1.24. The van der Waals surface area contributed by atoms with E-state index in [-0.39, 0.29) is 5.91 Å². The van der Waals surface area contributed by atoms with Crippen LogP contribution in [0.1, 0.15) is 56.9 Å². The van der Waals surface area contributed by atoms with Crippen molar-refractivity contribution in [2.75, 3.05) is 25.2 Å². The van der Waals surface area contributed by atoms with Gasteiger partial charge in [-0.05, 0) is 67.4 Å². The zero-order chi connectivity index (χ0) is 21.2. The summed E-state index contributed by atoms with van der Waals surface area (Å²) in [6, 6.07) is 10.4. The van der Waals surface area contributed by atoms with Gasteiger partial charge in [-0.2, -0.15) is 11.8 Å². The first-order chi connectivity index (χ1) is 14.6. The van der Waals surface area contributed by atoms with E-state index >= 15 is 0 Å². The van der Waals surface area contributed by atoms with Crippen LogP contribution in [0.2, 0.25) is 0 Å². The van der Waals surface area contributed by atoms with E-state index in [0.717, 1.165) is 31.6 Å². The second-order valence-electron chi connectivity index (χ2n) is 8.60. The van der Waals surface area contributed by atoms with Crippen LogP contribution >= 0.6 is 11.8 Å². The Balaban J connectivity index is 1.27. The number of hydroxylamine groups is 2. The minimum atomic E-state index is -0.200. The van der Waals surface area contributed by atoms with Crippen molar-refractivity contribution < 1.29 is 19.5 Å². The Bertz CT molecular complexity index is 627. The van der Waals surface area contributed by atoms with Crippen LogP contribution < -0.4 is 0 Å². The van der Waals surface area contributed by atoms with Gasteiger partial charge in [0.1, 0.15) is 0 Å². The number of unbranched alkanes of at least 4 members (excludes halogenated alkanes) is 2. The topological polar surface area (TPSA) is 59.0 Å². The molecule has 5 nitrogen and oxygen atoms in total. The molecule has 1 N–H and O–H groups in total. The maximum absolute atomic E-state index is 11.4. The van der Waals surface area contributed by atoms with E-state index in [2.05, 4.69) is 24.3 Å². The highest BCUT2D eigenvalue weighted by Gasteiger charge is 2.47. The van der Waals surface area contributed by atoms with Crippen molar-refractivity contribution >= 4 is 17.7 Å². The number of hydrogen-bond donors (Lipinski definition) is 1. The molecule has 0 radical (unpaired) electrons. The smallest absolute Gasteiger partial charge is 0.245 e. The summed E-state index contributed by atoms with van der Waals surface area (Å²) in [6.07, 6.45) is 9.28. The summed E-state index contributed by atoms with van der Waals surface area (Å²) in [5, 5.41) is 9.78. The first kappa shape index (κ1) is 23.6. The number of hydrogen-bond acceptors (Lipinski definition) is 5. The number of thioether (sulfide) groups is 1. The molecular weight excluding hydrogens is 398 g/mol. The lowest BCUT2D eigenvalue weighted by atomic mass is 9.78. The Morgan fingerprint density at radius 1 is 1.13 bits per heavy atom. The number of carbonyl (C=O) groups excluding carboxylic acids is 1. The molecule has 168 valence electrons. The zero-order valence-corrected chi connectivity index (χ0v) is 19.0. The van der Waals surface area contributed by atoms with Gasteiger partial charge in [0, 0.05) is 20.1 Å². The molecule has 0 saturated carbocycles. The summed E-state index contributed by atoms with van der Waals surface area (Å²) >= 11 is 2.01. The second kappa shape index (κ2) is 12.7. The molecule has 30 heavy (non-hydrogen) atoms. The molecule has 2 aliphatic heterocycles. The van der Waals surface area contributed by atoms with Crippen LogP contribution in [0.3, 0.4) is 0 Å². The van der Waals surface area contributed by atoms with Gasteiger partial charge in [0.25, 0.3) is 0 Å². The Morgan fingerprint density at radius 2 is 1.90 bits per heavy atom. The van der Waals surface area contributed by atoms with Crippen molar-refractivity contribution in [2.24, 2.45) is 11.8 Å². The number of nitrogens with zero attached hydrogens (tertiary/aromatic N) is 1. The fraction of sp³-hybridized carbons (Fsp3) is 0.708. The summed E-state index contributed by atoms with van der Waals surface area (Å²) < 4.78 is 12.1. The molecular formula is C24H37NO4S. The maximum Gasteiger partial charge on any atom is 0.245 e. The SMILES string of the molecule is CN(O)C(=O)CCCCSC[C@@H]1[C@H](CCCCOCc2ccccc2)[C@@H]2CC[C@H]1O2. The first-order valence-electron chi connectivity index (χ1n) is 11.5. The molecule has 3 rings (SSSR count). The molecule has 0 spiro atoms. The third kappa shape index (κ3) is 7.26. The normalized spacial score (nSPS) is 25.0. The van der Waals surface area contributed by atoms with Crippen LogP contribution in [0.15, 0.2) is 30.3 Å². The first-order valence-corrected chi connectivity index (χ1v) is 12.6. The monoisotopic (exact) mass is 435 g/mol. The molecule has 0 aliphatic carbocycles. The van der Waals surface area contributed by atoms with Crippen molar-refractivity contribution in [1.29, 1.82) is 0 Å². The van der Waals surface area contributed by atoms with Gasteiger partial charge in [-0.3, -0.25) is 10.0 Å². The highest BCUT2D eigenvalue weighted by molar-refractivity contribution is 7.99. The van der Waals surface area contributed by atoms with E-state index in [0.29, 0.717) is 42.1 Å². The second-order valence-corrected chi connectivity index (χ2v) is 9.75. The van der Waals surface area contributed by atoms with Crippen LogP contribution in [0.4, 0.5) is 0 Å². The Kier molecular flexibility index (Phi) is 9.98. The van der Waals surface area contributed by atoms with E-state index in [1.165, 1.54) is 44.0 Å². The van der Waals surface area contributed by atoms with Crippen LogP contribution in [0, 0.1) is 11.8 Å². The van der Waals surface area contributed by atoms with Gasteiger partial charge in [-0.1, -0.05) is 36.8 Å². The number of fused-ring (bicyclic) bond motifs is 2. The summed E-state index contributed by atoms with van der Waals surface area (Å²) in [4.78, 5) is 11.4. The number of amides is 1. The fourth-order valence-electron chi connectivity index (χ4n) is 4.71. The summed E-state index contributed by atoms with van der Waals surface area (Å²) in [7, 11) is 1.39. The molecule has 1 amide bonds. The van der Waals surface area contributed by atoms with Gasteiger partial charge in [0.2, 0.25) is 5.91 Å². The minimum absolute atomic E-state index is 0.200. The van der Waals surface area contributed by atoms with Crippen molar-refractivity contribution in [2.45, 2.75) is 70.2 Å². The lowest BCUT2D eigenvalue weighted by molar-refractivity contribution is -0.159. The standard InChI is InChI=1S/C24H37NO4S/c1-25(27)24(26)12-6-8-16-30-18-21-20(22-13-14-23(21)29-22)11-5-7-15-28-17-19-9-3-2-4-10-19/h2-4,9-10,20-23,27H,5-8,11-18H2,1H3/t20-,21+,22-,23+/m0/s1. The van der Waals surface area contributed by atoms with Gasteiger partial charge in [0.05, 0.1) is 18.8 Å². The molecule has 1 aromatic carbocycles. The zero-order valence-electron chi connectivity index (χ0n) is 18.2. The van der Waals surface area contributed by atoms with Gasteiger partial charge in [-0.15, -0.1) is 0 Å².